The molecule has 4 nitrogen and oxygen atoms in total. The molecule has 5 heteroatoms. The van der Waals surface area contributed by atoms with Gasteiger partial charge in [-0.3, -0.25) is 9.59 Å². The van der Waals surface area contributed by atoms with E-state index in [0.717, 1.165) is 19.3 Å². The van der Waals surface area contributed by atoms with Crippen LogP contribution in [-0.4, -0.2) is 34.9 Å². The Morgan fingerprint density at radius 1 is 1.33 bits per heavy atom. The molecule has 1 fully saturated rings. The van der Waals surface area contributed by atoms with E-state index in [-0.39, 0.29) is 24.4 Å². The Morgan fingerprint density at radius 2 is 2.19 bits per heavy atom. The highest BCUT2D eigenvalue weighted by atomic mass is 32.2. The maximum atomic E-state index is 12.2. The summed E-state index contributed by atoms with van der Waals surface area (Å²) in [4.78, 5) is 25.4. The predicted octanol–water partition coefficient (Wildman–Crippen LogP) is 2.10. The Morgan fingerprint density at radius 3 is 3.00 bits per heavy atom. The van der Waals surface area contributed by atoms with Gasteiger partial charge < -0.3 is 10.2 Å². The fourth-order valence-corrected chi connectivity index (χ4v) is 3.93. The van der Waals surface area contributed by atoms with Crippen LogP contribution in [0.2, 0.25) is 0 Å². The van der Waals surface area contributed by atoms with E-state index in [4.69, 9.17) is 0 Å². The Bertz CT molecular complexity index is 547. The minimum atomic E-state index is -0.0486. The lowest BCUT2D eigenvalue weighted by atomic mass is 9.99. The van der Waals surface area contributed by atoms with Gasteiger partial charge in [0.05, 0.1) is 17.7 Å². The molecule has 0 aromatic heterocycles. The third-order valence-electron chi connectivity index (χ3n) is 4.11. The molecule has 1 atom stereocenters. The Hall–Kier alpha value is -1.49. The number of thioether (sulfide) groups is 1. The zero-order valence-electron chi connectivity index (χ0n) is 12.0. The van der Waals surface area contributed by atoms with E-state index in [2.05, 4.69) is 23.5 Å². The molecule has 0 unspecified atom stereocenters. The number of benzene rings is 1. The number of aryl methyl sites for hydroxylation is 1. The molecule has 1 saturated heterocycles. The van der Waals surface area contributed by atoms with Crippen LogP contribution in [0.15, 0.2) is 24.3 Å². The maximum Gasteiger partial charge on any atom is 0.240 e. The largest absolute Gasteiger partial charge is 0.348 e. The molecule has 21 heavy (non-hydrogen) atoms. The second-order valence-electron chi connectivity index (χ2n) is 5.63. The minimum Gasteiger partial charge on any atom is -0.348 e. The van der Waals surface area contributed by atoms with E-state index in [9.17, 15) is 9.59 Å². The second-order valence-corrected chi connectivity index (χ2v) is 6.59. The van der Waals surface area contributed by atoms with Crippen molar-refractivity contribution in [2.24, 2.45) is 0 Å². The molecule has 112 valence electrons. The summed E-state index contributed by atoms with van der Waals surface area (Å²) in [5, 5.41) is 3.12. The smallest absolute Gasteiger partial charge is 0.240 e. The molecule has 1 aliphatic carbocycles. The maximum absolute atomic E-state index is 12.2. The molecule has 0 saturated carbocycles. The molecule has 0 spiro atoms. The fourth-order valence-electron chi connectivity index (χ4n) is 3.02. The second kappa shape index (κ2) is 6.52. The van der Waals surface area contributed by atoms with Gasteiger partial charge in [0, 0.05) is 0 Å². The standard InChI is InChI=1S/C16H20N2O2S/c19-15(9-18-11-21-10-16(18)20)17-14-8-4-2-6-12-5-1-3-7-13(12)14/h1,3,5,7,14H,2,4,6,8-11H2,(H,17,19)/t14-/m1/s1. The van der Waals surface area contributed by atoms with Crippen LogP contribution in [0, 0.1) is 0 Å². The monoisotopic (exact) mass is 304 g/mol. The van der Waals surface area contributed by atoms with Crippen LogP contribution in [0.25, 0.3) is 0 Å². The molecule has 1 N–H and O–H groups in total. The highest BCUT2D eigenvalue weighted by Crippen LogP contribution is 2.28. The number of carbonyl (C=O) groups excluding carboxylic acids is 2. The third-order valence-corrected chi connectivity index (χ3v) is 5.06. The quantitative estimate of drug-likeness (QED) is 0.870. The lowest BCUT2D eigenvalue weighted by Gasteiger charge is -2.21. The number of rotatable bonds is 3. The SMILES string of the molecule is O=C(CN1CSCC1=O)N[C@@H]1CCCCc2ccccc21. The zero-order chi connectivity index (χ0) is 14.7. The first-order valence-corrected chi connectivity index (χ1v) is 8.62. The van der Waals surface area contributed by atoms with Crippen LogP contribution in [0.5, 0.6) is 0 Å². The molecule has 1 aromatic rings. The van der Waals surface area contributed by atoms with Crippen molar-refractivity contribution < 1.29 is 9.59 Å². The molecular weight excluding hydrogens is 284 g/mol. The van der Waals surface area contributed by atoms with Gasteiger partial charge in [-0.05, 0) is 30.4 Å². The van der Waals surface area contributed by atoms with Gasteiger partial charge in [0.2, 0.25) is 11.8 Å². The van der Waals surface area contributed by atoms with Crippen LogP contribution in [0.3, 0.4) is 0 Å². The van der Waals surface area contributed by atoms with Gasteiger partial charge in [0.25, 0.3) is 0 Å². The minimum absolute atomic E-state index is 0.0486. The van der Waals surface area contributed by atoms with Crippen LogP contribution in [0.4, 0.5) is 0 Å². The highest BCUT2D eigenvalue weighted by Gasteiger charge is 2.25. The normalized spacial score (nSPS) is 21.8. The lowest BCUT2D eigenvalue weighted by molar-refractivity contribution is -0.132. The van der Waals surface area contributed by atoms with E-state index in [0.29, 0.717) is 11.6 Å². The number of carbonyl (C=O) groups is 2. The summed E-state index contributed by atoms with van der Waals surface area (Å²) in [7, 11) is 0. The average molecular weight is 304 g/mol. The van der Waals surface area contributed by atoms with Gasteiger partial charge in [-0.15, -0.1) is 11.8 Å². The summed E-state index contributed by atoms with van der Waals surface area (Å²) >= 11 is 1.57. The Labute approximate surface area is 129 Å². The van der Waals surface area contributed by atoms with Gasteiger partial charge in [-0.25, -0.2) is 0 Å². The van der Waals surface area contributed by atoms with E-state index in [1.807, 2.05) is 6.07 Å². The number of nitrogens with zero attached hydrogens (tertiary/aromatic N) is 1. The molecule has 1 heterocycles. The van der Waals surface area contributed by atoms with E-state index >= 15 is 0 Å². The number of fused-ring (bicyclic) bond motifs is 1. The molecule has 3 rings (SSSR count). The van der Waals surface area contributed by atoms with Crippen LogP contribution in [-0.2, 0) is 16.0 Å². The lowest BCUT2D eigenvalue weighted by Crippen LogP contribution is -2.39. The van der Waals surface area contributed by atoms with Crippen LogP contribution >= 0.6 is 11.8 Å². The number of hydrogen-bond acceptors (Lipinski definition) is 3. The van der Waals surface area contributed by atoms with Crippen molar-refractivity contribution in [2.75, 3.05) is 18.2 Å². The van der Waals surface area contributed by atoms with Crippen molar-refractivity contribution in [3.63, 3.8) is 0 Å². The van der Waals surface area contributed by atoms with Crippen molar-refractivity contribution in [3.05, 3.63) is 35.4 Å². The van der Waals surface area contributed by atoms with Gasteiger partial charge >= 0.3 is 0 Å². The third kappa shape index (κ3) is 3.40. The molecule has 2 aliphatic rings. The first-order valence-electron chi connectivity index (χ1n) is 7.47. The Balaban J connectivity index is 1.66. The van der Waals surface area contributed by atoms with E-state index in [1.165, 1.54) is 17.5 Å². The van der Waals surface area contributed by atoms with Crippen molar-refractivity contribution in [2.45, 2.75) is 31.7 Å². The number of nitrogens with one attached hydrogen (secondary N) is 1. The molecule has 0 radical (unpaired) electrons. The molecule has 1 aromatic carbocycles. The fraction of sp³-hybridized carbons (Fsp3) is 0.500. The molecular formula is C16H20N2O2S. The zero-order valence-corrected chi connectivity index (χ0v) is 12.8. The first-order chi connectivity index (χ1) is 10.2. The molecule has 0 bridgehead atoms. The summed E-state index contributed by atoms with van der Waals surface area (Å²) in [6.45, 7) is 0.185. The highest BCUT2D eigenvalue weighted by molar-refractivity contribution is 8.00. The number of hydrogen-bond donors (Lipinski definition) is 1. The van der Waals surface area contributed by atoms with E-state index in [1.54, 1.807) is 16.7 Å². The molecule has 1 aliphatic heterocycles. The van der Waals surface area contributed by atoms with Crippen LogP contribution < -0.4 is 5.32 Å². The predicted molar refractivity (Wildman–Crippen MR) is 83.9 cm³/mol. The molecule has 2 amide bonds. The van der Waals surface area contributed by atoms with Crippen LogP contribution in [0.1, 0.15) is 36.4 Å². The summed E-state index contributed by atoms with van der Waals surface area (Å²) < 4.78 is 0. The first kappa shape index (κ1) is 14.4. The summed E-state index contributed by atoms with van der Waals surface area (Å²) in [6.07, 6.45) is 4.36. The van der Waals surface area contributed by atoms with Crippen molar-refractivity contribution in [1.82, 2.24) is 10.2 Å². The van der Waals surface area contributed by atoms with Gasteiger partial charge in [0.1, 0.15) is 6.54 Å². The van der Waals surface area contributed by atoms with Gasteiger partial charge in [0.15, 0.2) is 0 Å². The van der Waals surface area contributed by atoms with Gasteiger partial charge in [-0.2, -0.15) is 0 Å². The number of amides is 2. The average Bonchev–Trinajstić information content (AvgIpc) is 2.77. The Kier molecular flexibility index (Phi) is 4.48. The summed E-state index contributed by atoms with van der Waals surface area (Å²) in [6, 6.07) is 8.44. The topological polar surface area (TPSA) is 49.4 Å². The summed E-state index contributed by atoms with van der Waals surface area (Å²) in [5.41, 5.74) is 2.58. The van der Waals surface area contributed by atoms with E-state index < -0.39 is 0 Å². The summed E-state index contributed by atoms with van der Waals surface area (Å²) in [5.74, 6) is 1.15. The van der Waals surface area contributed by atoms with Crippen molar-refractivity contribution >= 4 is 23.6 Å². The van der Waals surface area contributed by atoms with Crippen molar-refractivity contribution in [3.8, 4) is 0 Å². The van der Waals surface area contributed by atoms with Gasteiger partial charge in [-0.1, -0.05) is 30.7 Å². The van der Waals surface area contributed by atoms with Crippen molar-refractivity contribution in [1.29, 1.82) is 0 Å².